The van der Waals surface area contributed by atoms with Crippen LogP contribution in [0.3, 0.4) is 0 Å². The van der Waals surface area contributed by atoms with Gasteiger partial charge in [0.2, 0.25) is 0 Å². The van der Waals surface area contributed by atoms with Crippen LogP contribution in [0.5, 0.6) is 0 Å². The molecule has 3 rings (SSSR count). The zero-order valence-electron chi connectivity index (χ0n) is 14.6. The molecule has 2 aromatic heterocycles. The van der Waals surface area contributed by atoms with Crippen molar-refractivity contribution in [1.29, 1.82) is 0 Å². The van der Waals surface area contributed by atoms with Gasteiger partial charge in [0.1, 0.15) is 0 Å². The lowest BCUT2D eigenvalue weighted by Crippen LogP contribution is -2.48. The molecule has 1 aliphatic rings. The fourth-order valence-corrected chi connectivity index (χ4v) is 3.75. The number of halogens is 1. The van der Waals surface area contributed by atoms with E-state index in [1.54, 1.807) is 0 Å². The first kappa shape index (κ1) is 20.0. The van der Waals surface area contributed by atoms with E-state index >= 15 is 0 Å². The number of thiophene rings is 1. The number of aromatic nitrogens is 2. The number of nitrogens with zero attached hydrogens (tertiary/aromatic N) is 4. The summed E-state index contributed by atoms with van der Waals surface area (Å²) in [4.78, 5) is 6.82. The Labute approximate surface area is 170 Å². The second kappa shape index (κ2) is 10.6. The minimum atomic E-state index is 0. The molecule has 8 heteroatoms. The van der Waals surface area contributed by atoms with Gasteiger partial charge in [-0.2, -0.15) is 5.10 Å². The maximum absolute atomic E-state index is 4.35. The van der Waals surface area contributed by atoms with Gasteiger partial charge in [-0.1, -0.05) is 0 Å². The van der Waals surface area contributed by atoms with Crippen molar-refractivity contribution in [3.63, 3.8) is 0 Å². The maximum Gasteiger partial charge on any atom is 0.191 e. The van der Waals surface area contributed by atoms with E-state index in [4.69, 9.17) is 0 Å². The van der Waals surface area contributed by atoms with Gasteiger partial charge >= 0.3 is 0 Å². The van der Waals surface area contributed by atoms with Gasteiger partial charge in [-0.3, -0.25) is 9.67 Å². The van der Waals surface area contributed by atoms with Crippen LogP contribution in [0.1, 0.15) is 19.3 Å². The van der Waals surface area contributed by atoms with Crippen molar-refractivity contribution in [2.75, 3.05) is 31.6 Å². The molecule has 1 saturated heterocycles. The molecule has 3 heterocycles. The van der Waals surface area contributed by atoms with E-state index in [9.17, 15) is 0 Å². The number of anilines is 1. The molecule has 25 heavy (non-hydrogen) atoms. The van der Waals surface area contributed by atoms with Gasteiger partial charge in [-0.25, -0.2) is 0 Å². The van der Waals surface area contributed by atoms with Crippen molar-refractivity contribution in [3.8, 4) is 0 Å². The van der Waals surface area contributed by atoms with E-state index in [0.29, 0.717) is 6.04 Å². The van der Waals surface area contributed by atoms with Crippen LogP contribution in [0.25, 0.3) is 0 Å². The van der Waals surface area contributed by atoms with Gasteiger partial charge in [0, 0.05) is 51.7 Å². The Balaban J connectivity index is 0.00000225. The molecule has 0 aromatic carbocycles. The molecule has 1 aliphatic heterocycles. The largest absolute Gasteiger partial charge is 0.363 e. The lowest BCUT2D eigenvalue weighted by molar-refractivity contribution is 0.461. The molecule has 0 amide bonds. The van der Waals surface area contributed by atoms with Crippen molar-refractivity contribution >= 4 is 46.3 Å². The SMILES string of the molecule is CN=C(NCCCn1cccn1)NC1CCN(c2cccs2)CC1.I. The monoisotopic (exact) mass is 474 g/mol. The maximum atomic E-state index is 4.35. The van der Waals surface area contributed by atoms with E-state index in [2.05, 4.69) is 43.1 Å². The molecule has 0 atom stereocenters. The highest BCUT2D eigenvalue weighted by Gasteiger charge is 2.20. The summed E-state index contributed by atoms with van der Waals surface area (Å²) in [6.45, 7) is 4.03. The molecule has 6 nitrogen and oxygen atoms in total. The van der Waals surface area contributed by atoms with Crippen LogP contribution >= 0.6 is 35.3 Å². The Morgan fingerprint density at radius 2 is 2.20 bits per heavy atom. The molecule has 0 bridgehead atoms. The summed E-state index contributed by atoms with van der Waals surface area (Å²) in [6, 6.07) is 6.78. The van der Waals surface area contributed by atoms with Crippen molar-refractivity contribution in [3.05, 3.63) is 36.0 Å². The summed E-state index contributed by atoms with van der Waals surface area (Å²) in [5.74, 6) is 0.907. The van der Waals surface area contributed by atoms with Crippen LogP contribution < -0.4 is 15.5 Å². The first-order valence-corrected chi connectivity index (χ1v) is 9.46. The minimum absolute atomic E-state index is 0. The third kappa shape index (κ3) is 6.18. The van der Waals surface area contributed by atoms with Crippen LogP contribution in [-0.2, 0) is 6.54 Å². The van der Waals surface area contributed by atoms with Crippen molar-refractivity contribution in [2.24, 2.45) is 4.99 Å². The molecular weight excluding hydrogens is 447 g/mol. The van der Waals surface area contributed by atoms with Crippen LogP contribution in [0.15, 0.2) is 41.0 Å². The quantitative estimate of drug-likeness (QED) is 0.293. The summed E-state index contributed by atoms with van der Waals surface area (Å²) < 4.78 is 1.96. The van der Waals surface area contributed by atoms with Gasteiger partial charge in [0.25, 0.3) is 0 Å². The number of hydrogen-bond donors (Lipinski definition) is 2. The Bertz CT molecular complexity index is 605. The summed E-state index contributed by atoms with van der Waals surface area (Å²) >= 11 is 1.82. The van der Waals surface area contributed by atoms with Crippen LogP contribution in [0.4, 0.5) is 5.00 Å². The highest BCUT2D eigenvalue weighted by molar-refractivity contribution is 14.0. The molecule has 0 radical (unpaired) electrons. The minimum Gasteiger partial charge on any atom is -0.363 e. The van der Waals surface area contributed by atoms with Gasteiger partial charge in [0.05, 0.1) is 5.00 Å². The number of piperidine rings is 1. The molecule has 2 N–H and O–H groups in total. The molecule has 0 spiro atoms. The van der Waals surface area contributed by atoms with Gasteiger partial charge in [0.15, 0.2) is 5.96 Å². The second-order valence-corrected chi connectivity index (χ2v) is 6.90. The third-order valence-electron chi connectivity index (χ3n) is 4.29. The topological polar surface area (TPSA) is 57.5 Å². The lowest BCUT2D eigenvalue weighted by Gasteiger charge is -2.33. The molecule has 2 aromatic rings. The van der Waals surface area contributed by atoms with E-state index in [1.165, 1.54) is 5.00 Å². The van der Waals surface area contributed by atoms with Gasteiger partial charge in [-0.05, 0) is 42.8 Å². The summed E-state index contributed by atoms with van der Waals surface area (Å²) in [5, 5.41) is 14.7. The number of aliphatic imine (C=N–C) groups is 1. The zero-order chi connectivity index (χ0) is 16.6. The van der Waals surface area contributed by atoms with Crippen LogP contribution in [0, 0.1) is 0 Å². The van der Waals surface area contributed by atoms with Crippen LogP contribution in [0.2, 0.25) is 0 Å². The van der Waals surface area contributed by atoms with E-state index in [-0.39, 0.29) is 24.0 Å². The highest BCUT2D eigenvalue weighted by atomic mass is 127. The zero-order valence-corrected chi connectivity index (χ0v) is 17.7. The average molecular weight is 474 g/mol. The van der Waals surface area contributed by atoms with Crippen LogP contribution in [-0.4, -0.2) is 48.5 Å². The molecule has 0 unspecified atom stereocenters. The van der Waals surface area contributed by atoms with Crippen molar-refractivity contribution in [1.82, 2.24) is 20.4 Å². The van der Waals surface area contributed by atoms with Gasteiger partial charge < -0.3 is 15.5 Å². The van der Waals surface area contributed by atoms with Gasteiger partial charge in [-0.15, -0.1) is 35.3 Å². The fourth-order valence-electron chi connectivity index (χ4n) is 2.96. The molecule has 1 fully saturated rings. The predicted octanol–water partition coefficient (Wildman–Crippen LogP) is 2.79. The van der Waals surface area contributed by atoms with E-state index in [1.807, 2.05) is 41.5 Å². The Kier molecular flexibility index (Phi) is 8.53. The standard InChI is InChI=1S/C17H26N6S.HI/c1-18-17(19-8-3-10-23-11-4-9-20-23)21-15-6-12-22(13-7-15)16-5-2-14-24-16;/h2,4-5,9,11,14-15H,3,6-8,10,12-13H2,1H3,(H2,18,19,21);1H. The fraction of sp³-hybridized carbons (Fsp3) is 0.529. The van der Waals surface area contributed by atoms with Crippen molar-refractivity contribution < 1.29 is 0 Å². The number of guanidine groups is 1. The number of aryl methyl sites for hydroxylation is 1. The summed E-state index contributed by atoms with van der Waals surface area (Å²) in [6.07, 6.45) is 7.13. The molecule has 0 saturated carbocycles. The first-order valence-electron chi connectivity index (χ1n) is 8.58. The highest BCUT2D eigenvalue weighted by Crippen LogP contribution is 2.24. The normalized spacial score (nSPS) is 15.7. The van der Waals surface area contributed by atoms with Crippen molar-refractivity contribution in [2.45, 2.75) is 31.8 Å². The third-order valence-corrected chi connectivity index (χ3v) is 5.22. The first-order chi connectivity index (χ1) is 11.8. The Morgan fingerprint density at radius 3 is 2.84 bits per heavy atom. The lowest BCUT2D eigenvalue weighted by atomic mass is 10.1. The molecule has 0 aliphatic carbocycles. The Morgan fingerprint density at radius 1 is 1.36 bits per heavy atom. The number of nitrogens with one attached hydrogen (secondary N) is 2. The number of hydrogen-bond acceptors (Lipinski definition) is 4. The second-order valence-electron chi connectivity index (χ2n) is 5.98. The predicted molar refractivity (Wildman–Crippen MR) is 116 cm³/mol. The summed E-state index contributed by atoms with van der Waals surface area (Å²) in [7, 11) is 1.84. The van der Waals surface area contributed by atoms with E-state index in [0.717, 1.165) is 51.4 Å². The van der Waals surface area contributed by atoms with E-state index < -0.39 is 0 Å². The summed E-state index contributed by atoms with van der Waals surface area (Å²) in [5.41, 5.74) is 0. The Hall–Kier alpha value is -1.29. The molecular formula is C17H27IN6S. The smallest absolute Gasteiger partial charge is 0.191 e. The molecule has 138 valence electrons. The number of rotatable bonds is 6. The average Bonchev–Trinajstić information content (AvgIpc) is 3.31.